The number of carboxylic acid groups (broad SMARTS) is 1. The van der Waals surface area contributed by atoms with E-state index in [-0.39, 0.29) is 23.3 Å². The number of allylic oxidation sites excluding steroid dienone is 5. The lowest BCUT2D eigenvalue weighted by atomic mass is 9.78. The third-order valence-corrected chi connectivity index (χ3v) is 8.74. The quantitative estimate of drug-likeness (QED) is 0.104. The predicted octanol–water partition coefficient (Wildman–Crippen LogP) is 7.15. The average Bonchev–Trinajstić information content (AvgIpc) is 3.31. The van der Waals surface area contributed by atoms with Gasteiger partial charge in [0.2, 0.25) is 0 Å². The zero-order chi connectivity index (χ0) is 29.1. The highest BCUT2D eigenvalue weighted by molar-refractivity contribution is 8.13. The fourth-order valence-corrected chi connectivity index (χ4v) is 6.83. The largest absolute Gasteiger partial charge is 0.497 e. The third-order valence-electron chi connectivity index (χ3n) is 7.78. The van der Waals surface area contributed by atoms with E-state index >= 15 is 0 Å². The fraction of sp³-hybridized carbons (Fsp3) is 0.500. The number of carbonyl (C=O) groups excluding carboxylic acids is 1. The van der Waals surface area contributed by atoms with Crippen molar-refractivity contribution in [3.05, 3.63) is 78.4 Å². The van der Waals surface area contributed by atoms with Gasteiger partial charge in [-0.3, -0.25) is 4.79 Å². The zero-order valence-electron chi connectivity index (χ0n) is 24.0. The molecule has 0 unspecified atom stereocenters. The molecule has 7 nitrogen and oxygen atoms in total. The van der Waals surface area contributed by atoms with Crippen LogP contribution in [0.5, 0.6) is 5.75 Å². The molecule has 40 heavy (non-hydrogen) atoms. The first-order valence-corrected chi connectivity index (χ1v) is 14.9. The van der Waals surface area contributed by atoms with Crippen LogP contribution >= 0.6 is 11.8 Å². The van der Waals surface area contributed by atoms with Gasteiger partial charge in [0.15, 0.2) is 5.79 Å². The van der Waals surface area contributed by atoms with Crippen molar-refractivity contribution in [3.8, 4) is 5.75 Å². The van der Waals surface area contributed by atoms with Crippen LogP contribution in [0.4, 0.5) is 4.79 Å². The lowest BCUT2D eigenvalue weighted by molar-refractivity contribution is -0.297. The van der Waals surface area contributed by atoms with Crippen LogP contribution in [0.1, 0.15) is 57.4 Å². The first-order chi connectivity index (χ1) is 19.3. The topological polar surface area (TPSA) is 85.3 Å². The van der Waals surface area contributed by atoms with Crippen LogP contribution in [0.3, 0.4) is 0 Å². The van der Waals surface area contributed by atoms with Gasteiger partial charge in [-0.05, 0) is 69.1 Å². The molecule has 0 aromatic heterocycles. The normalized spacial score (nSPS) is 25.6. The summed E-state index contributed by atoms with van der Waals surface area (Å²) in [6.45, 7) is 9.84. The highest BCUT2D eigenvalue weighted by atomic mass is 32.2. The third kappa shape index (κ3) is 7.89. The lowest BCUT2D eigenvalue weighted by Crippen LogP contribution is -2.59. The van der Waals surface area contributed by atoms with E-state index in [9.17, 15) is 14.7 Å². The number of hydrogen-bond donors (Lipinski definition) is 1. The zero-order valence-corrected chi connectivity index (χ0v) is 24.8. The minimum Gasteiger partial charge on any atom is -0.497 e. The van der Waals surface area contributed by atoms with Crippen LogP contribution in [0.2, 0.25) is 0 Å². The van der Waals surface area contributed by atoms with Crippen molar-refractivity contribution in [1.29, 1.82) is 0 Å². The number of carboxylic acids is 1. The molecule has 8 heteroatoms. The van der Waals surface area contributed by atoms with E-state index in [1.807, 2.05) is 54.3 Å². The van der Waals surface area contributed by atoms with Gasteiger partial charge in [-0.2, -0.15) is 0 Å². The molecule has 3 rings (SSSR count). The standard InChI is InChI=1S/C32H43NO6S/c1-6-8-10-12-13-23(3)29(30(34)35)25-19-27(14-11-9-7-2)39-32(20-25,38-5)28-22-40-31(36)33(28)21-24-15-17-26(37-4)18-16-24/h6-8,10,15-18,25,27-28H,1-2,9,11-14,19-22H2,3-5H3,(H,34,35)/t25-,27-,28+,32-/m1/s1. The van der Waals surface area contributed by atoms with Crippen LogP contribution < -0.4 is 4.74 Å². The number of unbranched alkanes of at least 4 members (excludes halogenated alkanes) is 1. The molecule has 218 valence electrons. The Morgan fingerprint density at radius 3 is 2.62 bits per heavy atom. The molecule has 0 saturated carbocycles. The molecule has 2 fully saturated rings. The Bertz CT molecular complexity index is 1100. The highest BCUT2D eigenvalue weighted by Crippen LogP contribution is 2.46. The number of nitrogens with zero attached hydrogens (tertiary/aromatic N) is 1. The van der Waals surface area contributed by atoms with Crippen molar-refractivity contribution in [2.24, 2.45) is 5.92 Å². The minimum absolute atomic E-state index is 0.0367. The Morgan fingerprint density at radius 2 is 2.00 bits per heavy atom. The maximum Gasteiger partial charge on any atom is 0.331 e. The van der Waals surface area contributed by atoms with Gasteiger partial charge in [0.25, 0.3) is 5.24 Å². The molecule has 0 bridgehead atoms. The van der Waals surface area contributed by atoms with Crippen molar-refractivity contribution >= 4 is 23.0 Å². The molecular formula is C32H43NO6S. The van der Waals surface area contributed by atoms with E-state index in [4.69, 9.17) is 14.2 Å². The number of hydrogen-bond acceptors (Lipinski definition) is 6. The molecule has 1 aromatic rings. The van der Waals surface area contributed by atoms with Crippen LogP contribution in [0.25, 0.3) is 0 Å². The molecule has 1 N–H and O–H groups in total. The van der Waals surface area contributed by atoms with Gasteiger partial charge >= 0.3 is 5.97 Å². The monoisotopic (exact) mass is 569 g/mol. The molecule has 2 aliphatic rings. The summed E-state index contributed by atoms with van der Waals surface area (Å²) in [4.78, 5) is 27.6. The fourth-order valence-electron chi connectivity index (χ4n) is 5.74. The molecule has 0 radical (unpaired) electrons. The SMILES string of the molecule is C=CC=CCCC(C)=C(C(=O)O)[C@@H]1C[C@@H](CCCC=C)O[C@@](OC)([C@@H]2CSC(=O)N2Cc2ccc(OC)cc2)C1. The highest BCUT2D eigenvalue weighted by Gasteiger charge is 2.54. The summed E-state index contributed by atoms with van der Waals surface area (Å²) in [5, 5.41) is 10.3. The second kappa shape index (κ2) is 15.3. The number of ether oxygens (including phenoxy) is 3. The molecule has 2 saturated heterocycles. The second-order valence-electron chi connectivity index (χ2n) is 10.4. The van der Waals surface area contributed by atoms with E-state index in [1.165, 1.54) is 11.8 Å². The summed E-state index contributed by atoms with van der Waals surface area (Å²) in [5.41, 5.74) is 2.26. The van der Waals surface area contributed by atoms with E-state index in [1.54, 1.807) is 20.3 Å². The molecule has 2 aliphatic heterocycles. The number of thioether (sulfide) groups is 1. The lowest BCUT2D eigenvalue weighted by Gasteiger charge is -2.49. The number of methoxy groups -OCH3 is 2. The maximum absolute atomic E-state index is 13.1. The van der Waals surface area contributed by atoms with Gasteiger partial charge in [-0.15, -0.1) is 6.58 Å². The molecular weight excluding hydrogens is 526 g/mol. The number of amides is 1. The second-order valence-corrected chi connectivity index (χ2v) is 11.4. The first-order valence-electron chi connectivity index (χ1n) is 13.9. The number of carbonyl (C=O) groups is 2. The van der Waals surface area contributed by atoms with E-state index in [0.29, 0.717) is 37.1 Å². The predicted molar refractivity (Wildman–Crippen MR) is 160 cm³/mol. The Hall–Kier alpha value is -2.81. The first kappa shape index (κ1) is 31.7. The number of rotatable bonds is 15. The average molecular weight is 570 g/mol. The summed E-state index contributed by atoms with van der Waals surface area (Å²) in [5.74, 6) is -1.05. The van der Waals surface area contributed by atoms with Crippen molar-refractivity contribution in [2.75, 3.05) is 20.0 Å². The number of benzene rings is 1. The smallest absolute Gasteiger partial charge is 0.331 e. The van der Waals surface area contributed by atoms with Crippen LogP contribution in [0.15, 0.2) is 72.9 Å². The summed E-state index contributed by atoms with van der Waals surface area (Å²) >= 11 is 1.25. The van der Waals surface area contributed by atoms with E-state index in [2.05, 4.69) is 13.2 Å². The van der Waals surface area contributed by atoms with Gasteiger partial charge in [0.05, 0.1) is 19.3 Å². The van der Waals surface area contributed by atoms with Gasteiger partial charge in [0, 0.05) is 31.4 Å². The van der Waals surface area contributed by atoms with Gasteiger partial charge in [0.1, 0.15) is 5.75 Å². The van der Waals surface area contributed by atoms with Crippen LogP contribution in [-0.4, -0.2) is 59.1 Å². The Labute approximate surface area is 242 Å². The minimum atomic E-state index is -1.13. The summed E-state index contributed by atoms with van der Waals surface area (Å²) in [6.07, 6.45) is 12.1. The van der Waals surface area contributed by atoms with Crippen LogP contribution in [-0.2, 0) is 20.8 Å². The molecule has 2 heterocycles. The Kier molecular flexibility index (Phi) is 12.1. The molecule has 4 atom stereocenters. The summed E-state index contributed by atoms with van der Waals surface area (Å²) in [6, 6.07) is 7.29. The van der Waals surface area contributed by atoms with E-state index in [0.717, 1.165) is 42.6 Å². The summed E-state index contributed by atoms with van der Waals surface area (Å²) < 4.78 is 18.2. The van der Waals surface area contributed by atoms with Gasteiger partial charge in [-0.1, -0.05) is 60.4 Å². The van der Waals surface area contributed by atoms with Crippen LogP contribution in [0, 0.1) is 5.92 Å². The Balaban J connectivity index is 1.96. The van der Waals surface area contributed by atoms with Gasteiger partial charge < -0.3 is 24.2 Å². The maximum atomic E-state index is 13.1. The van der Waals surface area contributed by atoms with Crippen molar-refractivity contribution in [1.82, 2.24) is 4.90 Å². The van der Waals surface area contributed by atoms with Crippen molar-refractivity contribution < 1.29 is 28.9 Å². The molecule has 0 aliphatic carbocycles. The molecule has 1 aromatic carbocycles. The Morgan fingerprint density at radius 1 is 1.25 bits per heavy atom. The summed E-state index contributed by atoms with van der Waals surface area (Å²) in [7, 11) is 3.23. The molecule has 0 spiro atoms. The van der Waals surface area contributed by atoms with E-state index < -0.39 is 11.8 Å². The molecule has 1 amide bonds. The van der Waals surface area contributed by atoms with Crippen molar-refractivity contribution in [3.63, 3.8) is 0 Å². The van der Waals surface area contributed by atoms with Crippen molar-refractivity contribution in [2.45, 2.75) is 76.3 Å². The van der Waals surface area contributed by atoms with Gasteiger partial charge in [-0.25, -0.2) is 4.79 Å². The number of aliphatic carboxylic acids is 1.